The third-order valence-electron chi connectivity index (χ3n) is 6.69. The highest BCUT2D eigenvalue weighted by molar-refractivity contribution is 7.17. The Labute approximate surface area is 209 Å². The van der Waals surface area contributed by atoms with Crippen LogP contribution in [0.1, 0.15) is 33.9 Å². The van der Waals surface area contributed by atoms with Crippen LogP contribution >= 0.6 is 11.3 Å². The van der Waals surface area contributed by atoms with Crippen molar-refractivity contribution in [2.75, 3.05) is 26.7 Å². The van der Waals surface area contributed by atoms with E-state index in [1.807, 2.05) is 52.7 Å². The van der Waals surface area contributed by atoms with Gasteiger partial charge in [-0.1, -0.05) is 60.7 Å². The maximum atomic E-state index is 13.6. The Kier molecular flexibility index (Phi) is 6.88. The van der Waals surface area contributed by atoms with E-state index in [1.54, 1.807) is 30.8 Å². The van der Waals surface area contributed by atoms with Gasteiger partial charge < -0.3 is 10.2 Å². The Hall–Kier alpha value is -3.55. The van der Waals surface area contributed by atoms with Gasteiger partial charge in [-0.05, 0) is 22.6 Å². The Bertz CT molecular complexity index is 1270. The lowest BCUT2D eigenvalue weighted by Crippen LogP contribution is -2.56. The van der Waals surface area contributed by atoms with Gasteiger partial charge >= 0.3 is 0 Å². The molecular weight excluding hydrogens is 456 g/mol. The van der Waals surface area contributed by atoms with Crippen LogP contribution in [0.2, 0.25) is 0 Å². The number of benzene rings is 2. The maximum absolute atomic E-state index is 13.6. The molecule has 1 unspecified atom stereocenters. The average Bonchev–Trinajstić information content (AvgIpc) is 3.40. The number of piperazine rings is 1. The molecule has 1 saturated heterocycles. The van der Waals surface area contributed by atoms with Crippen LogP contribution < -0.4 is 5.32 Å². The first-order valence-corrected chi connectivity index (χ1v) is 12.7. The molecule has 1 atom stereocenters. The van der Waals surface area contributed by atoms with Crippen molar-refractivity contribution < 1.29 is 9.59 Å². The molecule has 0 saturated carbocycles. The van der Waals surface area contributed by atoms with Crippen LogP contribution in [0.25, 0.3) is 10.1 Å². The number of hydrogen-bond donors (Lipinski definition) is 1. The molecule has 0 radical (unpaired) electrons. The molecule has 1 aliphatic rings. The first-order valence-electron chi connectivity index (χ1n) is 11.8. The van der Waals surface area contributed by atoms with Gasteiger partial charge in [-0.3, -0.25) is 19.5 Å². The van der Waals surface area contributed by atoms with E-state index in [-0.39, 0.29) is 23.9 Å². The third kappa shape index (κ3) is 4.83. The summed E-state index contributed by atoms with van der Waals surface area (Å²) in [5.74, 6) is -0.0604. The summed E-state index contributed by atoms with van der Waals surface area (Å²) in [7, 11) is 1.66. The van der Waals surface area contributed by atoms with Crippen LogP contribution in [0.15, 0.2) is 84.5 Å². The lowest BCUT2D eigenvalue weighted by molar-refractivity contribution is -0.122. The summed E-state index contributed by atoms with van der Waals surface area (Å²) in [6.45, 7) is 1.72. The van der Waals surface area contributed by atoms with Gasteiger partial charge in [-0.2, -0.15) is 0 Å². The fraction of sp³-hybridized carbons (Fsp3) is 0.250. The molecule has 0 spiro atoms. The second-order valence-corrected chi connectivity index (χ2v) is 9.71. The van der Waals surface area contributed by atoms with Crippen LogP contribution in [0.3, 0.4) is 0 Å². The van der Waals surface area contributed by atoms with Crippen molar-refractivity contribution in [2.45, 2.75) is 18.5 Å². The second-order valence-electron chi connectivity index (χ2n) is 8.76. The topological polar surface area (TPSA) is 65.5 Å². The fourth-order valence-electron chi connectivity index (χ4n) is 4.97. The van der Waals surface area contributed by atoms with Crippen LogP contribution in [-0.4, -0.2) is 59.3 Å². The summed E-state index contributed by atoms with van der Waals surface area (Å²) in [5, 5.41) is 5.69. The van der Waals surface area contributed by atoms with Gasteiger partial charge in [-0.15, -0.1) is 11.3 Å². The number of aromatic nitrogens is 1. The molecule has 2 amide bonds. The molecule has 3 heterocycles. The van der Waals surface area contributed by atoms with Crippen molar-refractivity contribution in [1.29, 1.82) is 0 Å². The number of pyridine rings is 1. The summed E-state index contributed by atoms with van der Waals surface area (Å²) in [5.41, 5.74) is 2.97. The van der Waals surface area contributed by atoms with Gasteiger partial charge in [0.1, 0.15) is 0 Å². The fourth-order valence-corrected chi connectivity index (χ4v) is 5.75. The summed E-state index contributed by atoms with van der Waals surface area (Å²) in [4.78, 5) is 34.7. The molecule has 6 nitrogen and oxygen atoms in total. The van der Waals surface area contributed by atoms with E-state index < -0.39 is 0 Å². The average molecular weight is 485 g/mol. The molecule has 5 rings (SSSR count). The molecule has 0 aliphatic carbocycles. The van der Waals surface area contributed by atoms with Crippen molar-refractivity contribution in [2.24, 2.45) is 0 Å². The zero-order valence-electron chi connectivity index (χ0n) is 19.6. The number of hydrogen-bond acceptors (Lipinski definition) is 5. The van der Waals surface area contributed by atoms with E-state index in [4.69, 9.17) is 0 Å². The van der Waals surface area contributed by atoms with Crippen LogP contribution in [0, 0.1) is 0 Å². The molecule has 35 heavy (non-hydrogen) atoms. The highest BCUT2D eigenvalue weighted by atomic mass is 32.1. The Balaban J connectivity index is 1.48. The predicted octanol–water partition coefficient (Wildman–Crippen LogP) is 4.35. The molecule has 1 N–H and O–H groups in total. The lowest BCUT2D eigenvalue weighted by atomic mass is 9.93. The van der Waals surface area contributed by atoms with Crippen LogP contribution in [0.4, 0.5) is 0 Å². The van der Waals surface area contributed by atoms with Crippen molar-refractivity contribution in [1.82, 2.24) is 20.1 Å². The summed E-state index contributed by atoms with van der Waals surface area (Å²) >= 11 is 1.58. The molecule has 2 aromatic heterocycles. The first kappa shape index (κ1) is 23.2. The van der Waals surface area contributed by atoms with E-state index in [9.17, 15) is 9.59 Å². The van der Waals surface area contributed by atoms with Gasteiger partial charge in [0.05, 0.1) is 16.3 Å². The van der Waals surface area contributed by atoms with Crippen LogP contribution in [0.5, 0.6) is 0 Å². The number of rotatable bonds is 6. The van der Waals surface area contributed by atoms with Crippen molar-refractivity contribution in [3.05, 3.63) is 101 Å². The Morgan fingerprint density at radius 1 is 1.00 bits per heavy atom. The van der Waals surface area contributed by atoms with Crippen molar-refractivity contribution in [3.8, 4) is 0 Å². The molecule has 1 aliphatic heterocycles. The maximum Gasteiger partial charge on any atom is 0.256 e. The van der Waals surface area contributed by atoms with Crippen LogP contribution in [-0.2, 0) is 4.79 Å². The number of carbonyl (C=O) groups excluding carboxylic acids is 2. The number of amides is 2. The van der Waals surface area contributed by atoms with Gasteiger partial charge in [0.2, 0.25) is 5.91 Å². The van der Waals surface area contributed by atoms with Crippen molar-refractivity contribution in [3.63, 3.8) is 0 Å². The zero-order chi connectivity index (χ0) is 24.2. The molecule has 4 aromatic rings. The largest absolute Gasteiger partial charge is 0.359 e. The van der Waals surface area contributed by atoms with Gasteiger partial charge in [-0.25, -0.2) is 0 Å². The van der Waals surface area contributed by atoms with Crippen molar-refractivity contribution >= 4 is 33.2 Å². The molecule has 7 heteroatoms. The minimum Gasteiger partial charge on any atom is -0.359 e. The van der Waals surface area contributed by atoms with E-state index >= 15 is 0 Å². The van der Waals surface area contributed by atoms with Gasteiger partial charge in [0, 0.05) is 56.9 Å². The lowest BCUT2D eigenvalue weighted by Gasteiger charge is -2.45. The molecule has 1 fully saturated rings. The number of carbonyl (C=O) groups is 2. The summed E-state index contributed by atoms with van der Waals surface area (Å²) < 4.78 is 1.00. The number of thiophene rings is 1. The highest BCUT2D eigenvalue weighted by Gasteiger charge is 2.36. The molecule has 0 bridgehead atoms. The monoisotopic (exact) mass is 484 g/mol. The normalized spacial score (nSPS) is 16.5. The van der Waals surface area contributed by atoms with Gasteiger partial charge in [0.25, 0.3) is 5.91 Å². The number of nitrogens with zero attached hydrogens (tertiary/aromatic N) is 3. The van der Waals surface area contributed by atoms with E-state index in [0.717, 1.165) is 10.1 Å². The quantitative estimate of drug-likeness (QED) is 0.442. The number of fused-ring (bicyclic) bond motifs is 1. The zero-order valence-corrected chi connectivity index (χ0v) is 20.4. The molecule has 178 valence electrons. The van der Waals surface area contributed by atoms with E-state index in [1.165, 1.54) is 11.1 Å². The predicted molar refractivity (Wildman–Crippen MR) is 139 cm³/mol. The van der Waals surface area contributed by atoms with E-state index in [0.29, 0.717) is 31.6 Å². The Morgan fingerprint density at radius 3 is 2.34 bits per heavy atom. The number of nitrogens with one attached hydrogen (secondary N) is 1. The highest BCUT2D eigenvalue weighted by Crippen LogP contribution is 2.33. The van der Waals surface area contributed by atoms with E-state index in [2.05, 4.69) is 39.5 Å². The summed E-state index contributed by atoms with van der Waals surface area (Å²) in [6.07, 6.45) is 3.78. The third-order valence-corrected chi connectivity index (χ3v) is 7.54. The molecular formula is C28H28N4O2S. The minimum atomic E-state index is -0.132. The van der Waals surface area contributed by atoms with Gasteiger partial charge in [0.15, 0.2) is 0 Å². The molecule has 2 aromatic carbocycles. The smallest absolute Gasteiger partial charge is 0.256 e. The summed E-state index contributed by atoms with van der Waals surface area (Å²) in [6, 6.07) is 22.6. The standard InChI is InChI=1S/C28H28N4O2S/c1-29-26(33)16-22-19-31(28(34)24-17-30-18-25-23(24)12-15-35-25)13-14-32(22)27(20-8-4-2-5-9-20)21-10-6-3-7-11-21/h2-12,15,17-18,22,27H,13-14,16,19H2,1H3,(H,29,33). The second kappa shape index (κ2) is 10.4. The Morgan fingerprint density at radius 2 is 1.69 bits per heavy atom. The minimum absolute atomic E-state index is 0.00807. The first-order chi connectivity index (χ1) is 17.2. The SMILES string of the molecule is CNC(=O)CC1CN(C(=O)c2cncc3sccc23)CCN1C(c1ccccc1)c1ccccc1.